The number of carbonyl (C=O) groups is 2. The lowest BCUT2D eigenvalue weighted by Gasteiger charge is -2.41. The lowest BCUT2D eigenvalue weighted by Crippen LogP contribution is -2.47. The van der Waals surface area contributed by atoms with Crippen LogP contribution in [0.15, 0.2) is 29.6 Å². The van der Waals surface area contributed by atoms with Crippen LogP contribution in [0.5, 0.6) is 5.75 Å². The molecule has 8 heteroatoms. The van der Waals surface area contributed by atoms with Gasteiger partial charge in [-0.05, 0) is 44.2 Å². The zero-order valence-electron chi connectivity index (χ0n) is 21.2. The third kappa shape index (κ3) is 6.22. The maximum Gasteiger partial charge on any atom is 0.231 e. The van der Waals surface area contributed by atoms with E-state index in [0.717, 1.165) is 49.7 Å². The van der Waals surface area contributed by atoms with E-state index in [-0.39, 0.29) is 23.8 Å². The summed E-state index contributed by atoms with van der Waals surface area (Å²) in [6.45, 7) is 8.08. The fourth-order valence-corrected chi connectivity index (χ4v) is 6.11. The molecule has 1 aromatic heterocycles. The zero-order chi connectivity index (χ0) is 24.8. The highest BCUT2D eigenvalue weighted by Gasteiger charge is 2.41. The van der Waals surface area contributed by atoms with Gasteiger partial charge in [-0.3, -0.25) is 14.5 Å². The second-order valence-corrected chi connectivity index (χ2v) is 10.7. The smallest absolute Gasteiger partial charge is 0.231 e. The van der Waals surface area contributed by atoms with E-state index in [1.807, 2.05) is 34.5 Å². The Morgan fingerprint density at radius 2 is 2.11 bits per heavy atom. The normalized spacial score (nSPS) is 23.3. The molecule has 35 heavy (non-hydrogen) atoms. The van der Waals surface area contributed by atoms with Crippen LogP contribution < -0.4 is 10.1 Å². The Hall–Kier alpha value is -2.45. The van der Waals surface area contributed by atoms with Crippen LogP contribution in [0.4, 0.5) is 5.13 Å². The number of hydrogen-bond acceptors (Lipinski definition) is 6. The van der Waals surface area contributed by atoms with E-state index in [1.54, 1.807) is 7.11 Å². The largest absolute Gasteiger partial charge is 0.496 e. The molecule has 4 rings (SSSR count). The molecule has 3 unspecified atom stereocenters. The monoisotopic (exact) mass is 498 g/mol. The van der Waals surface area contributed by atoms with Crippen molar-refractivity contribution < 1.29 is 14.3 Å². The number of likely N-dealkylation sites (tertiary alicyclic amines) is 2. The van der Waals surface area contributed by atoms with Crippen molar-refractivity contribution in [2.45, 2.75) is 65.0 Å². The fourth-order valence-electron chi connectivity index (χ4n) is 5.41. The molecule has 1 N–H and O–H groups in total. The summed E-state index contributed by atoms with van der Waals surface area (Å²) < 4.78 is 5.63. The molecule has 2 aliphatic heterocycles. The number of aromatic nitrogens is 1. The first-order chi connectivity index (χ1) is 17.0. The molecule has 3 atom stereocenters. The second kappa shape index (κ2) is 12.0. The summed E-state index contributed by atoms with van der Waals surface area (Å²) in [5.74, 6) is 1.08. The molecule has 7 nitrogen and oxygen atoms in total. The minimum absolute atomic E-state index is 0.0811. The van der Waals surface area contributed by atoms with Crippen molar-refractivity contribution in [1.82, 2.24) is 14.8 Å². The summed E-state index contributed by atoms with van der Waals surface area (Å²) in [6, 6.07) is 7.38. The van der Waals surface area contributed by atoms with Crippen LogP contribution in [0.25, 0.3) is 0 Å². The van der Waals surface area contributed by atoms with Crippen molar-refractivity contribution in [1.29, 1.82) is 0 Å². The van der Waals surface area contributed by atoms with Gasteiger partial charge in [-0.15, -0.1) is 11.3 Å². The van der Waals surface area contributed by atoms with Crippen LogP contribution in [-0.2, 0) is 16.1 Å². The zero-order valence-corrected chi connectivity index (χ0v) is 22.0. The Morgan fingerprint density at radius 1 is 1.29 bits per heavy atom. The van der Waals surface area contributed by atoms with Gasteiger partial charge >= 0.3 is 0 Å². The first-order valence-electron chi connectivity index (χ1n) is 12.9. The van der Waals surface area contributed by atoms with E-state index in [1.165, 1.54) is 24.2 Å². The maximum atomic E-state index is 13.6. The van der Waals surface area contributed by atoms with Crippen molar-refractivity contribution in [3.05, 3.63) is 40.9 Å². The number of nitrogens with one attached hydrogen (secondary N) is 1. The number of piperidine rings is 2. The second-order valence-electron chi connectivity index (χ2n) is 9.89. The fraction of sp³-hybridized carbons (Fsp3) is 0.593. The lowest BCUT2D eigenvalue weighted by molar-refractivity contribution is -0.142. The Bertz CT molecular complexity index is 1010. The van der Waals surface area contributed by atoms with Crippen molar-refractivity contribution in [3.8, 4) is 5.75 Å². The highest BCUT2D eigenvalue weighted by atomic mass is 32.1. The maximum absolute atomic E-state index is 13.6. The van der Waals surface area contributed by atoms with E-state index in [2.05, 4.69) is 24.1 Å². The summed E-state index contributed by atoms with van der Waals surface area (Å²) >= 11 is 1.48. The number of para-hydroxylation sites is 1. The highest BCUT2D eigenvalue weighted by molar-refractivity contribution is 7.13. The highest BCUT2D eigenvalue weighted by Crippen LogP contribution is 2.41. The molecule has 0 bridgehead atoms. The summed E-state index contributed by atoms with van der Waals surface area (Å²) in [5.41, 5.74) is 1.89. The van der Waals surface area contributed by atoms with Gasteiger partial charge in [0.2, 0.25) is 11.8 Å². The van der Waals surface area contributed by atoms with Gasteiger partial charge < -0.3 is 15.0 Å². The number of ether oxygens (including phenoxy) is 1. The Morgan fingerprint density at radius 3 is 2.89 bits per heavy atom. The minimum Gasteiger partial charge on any atom is -0.496 e. The number of hydrogen-bond donors (Lipinski definition) is 1. The number of nitrogens with zero attached hydrogens (tertiary/aromatic N) is 3. The van der Waals surface area contributed by atoms with Crippen LogP contribution >= 0.6 is 11.3 Å². The van der Waals surface area contributed by atoms with E-state index < -0.39 is 0 Å². The molecule has 2 aromatic rings. The molecule has 0 spiro atoms. The van der Waals surface area contributed by atoms with E-state index in [4.69, 9.17) is 9.72 Å². The van der Waals surface area contributed by atoms with Gasteiger partial charge in [-0.2, -0.15) is 0 Å². The number of benzene rings is 1. The van der Waals surface area contributed by atoms with Crippen LogP contribution in [0, 0.1) is 11.8 Å². The number of carbonyl (C=O) groups excluding carboxylic acids is 2. The number of methoxy groups -OCH3 is 1. The van der Waals surface area contributed by atoms with Gasteiger partial charge in [-0.1, -0.05) is 38.5 Å². The molecule has 0 radical (unpaired) electrons. The molecule has 1 aromatic carbocycles. The molecule has 2 fully saturated rings. The van der Waals surface area contributed by atoms with E-state index in [0.29, 0.717) is 30.3 Å². The molecule has 0 aliphatic carbocycles. The molecular formula is C27H38N4O3S. The summed E-state index contributed by atoms with van der Waals surface area (Å²) in [4.78, 5) is 35.6. The van der Waals surface area contributed by atoms with Crippen molar-refractivity contribution in [2.75, 3.05) is 32.1 Å². The average molecular weight is 499 g/mol. The van der Waals surface area contributed by atoms with Crippen LogP contribution in [0.3, 0.4) is 0 Å². The van der Waals surface area contributed by atoms with Gasteiger partial charge in [0.05, 0.1) is 24.8 Å². The van der Waals surface area contributed by atoms with Gasteiger partial charge in [0.25, 0.3) is 0 Å². The number of unbranched alkanes of at least 4 members (excludes halogenated alkanes) is 1. The summed E-state index contributed by atoms with van der Waals surface area (Å²) in [5, 5.41) is 5.75. The van der Waals surface area contributed by atoms with E-state index in [9.17, 15) is 9.59 Å². The first kappa shape index (κ1) is 25.6. The molecule has 2 aliphatic rings. The summed E-state index contributed by atoms with van der Waals surface area (Å²) in [7, 11) is 1.63. The van der Waals surface area contributed by atoms with Gasteiger partial charge in [0.15, 0.2) is 5.13 Å². The molecular weight excluding hydrogens is 460 g/mol. The number of anilines is 1. The van der Waals surface area contributed by atoms with Crippen molar-refractivity contribution in [3.63, 3.8) is 0 Å². The number of thiazole rings is 1. The SMILES string of the molecule is CCCCN1C(=O)CCC(C(=O)Nc2nc(CN3CCCC(C)C3)cs2)C1c1ccccc1OC. The predicted octanol–water partition coefficient (Wildman–Crippen LogP) is 5.10. The topological polar surface area (TPSA) is 74.8 Å². The molecule has 2 amide bonds. The van der Waals surface area contributed by atoms with Crippen molar-refractivity contribution >= 4 is 28.3 Å². The summed E-state index contributed by atoms with van der Waals surface area (Å²) in [6.07, 6.45) is 5.30. The van der Waals surface area contributed by atoms with Crippen LogP contribution in [0.1, 0.15) is 69.7 Å². The molecule has 190 valence electrons. The van der Waals surface area contributed by atoms with Crippen LogP contribution in [0.2, 0.25) is 0 Å². The predicted molar refractivity (Wildman–Crippen MR) is 139 cm³/mol. The first-order valence-corrected chi connectivity index (χ1v) is 13.8. The quantitative estimate of drug-likeness (QED) is 0.521. The third-order valence-electron chi connectivity index (χ3n) is 7.16. The van der Waals surface area contributed by atoms with Crippen LogP contribution in [-0.4, -0.2) is 53.3 Å². The number of amides is 2. The Labute approximate surface area is 212 Å². The van der Waals surface area contributed by atoms with Gasteiger partial charge in [0, 0.05) is 37.0 Å². The Balaban J connectivity index is 1.52. The molecule has 0 saturated carbocycles. The van der Waals surface area contributed by atoms with Gasteiger partial charge in [0.1, 0.15) is 5.75 Å². The minimum atomic E-state index is -0.365. The van der Waals surface area contributed by atoms with Gasteiger partial charge in [-0.25, -0.2) is 4.98 Å². The Kier molecular flexibility index (Phi) is 8.78. The van der Waals surface area contributed by atoms with Crippen molar-refractivity contribution in [2.24, 2.45) is 11.8 Å². The standard InChI is InChI=1S/C27H38N4O3S/c1-4-5-15-31-24(32)13-12-22(25(31)21-10-6-7-11-23(21)34-3)26(33)29-27-28-20(18-35-27)17-30-14-8-9-19(2)16-30/h6-7,10-11,18-19,22,25H,4-5,8-9,12-17H2,1-3H3,(H,28,29,33). The number of rotatable bonds is 9. The lowest BCUT2D eigenvalue weighted by atomic mass is 9.83. The van der Waals surface area contributed by atoms with E-state index >= 15 is 0 Å². The molecule has 3 heterocycles. The third-order valence-corrected chi connectivity index (χ3v) is 7.97. The molecule has 2 saturated heterocycles. The average Bonchev–Trinajstić information content (AvgIpc) is 3.29.